The van der Waals surface area contributed by atoms with Crippen molar-refractivity contribution in [2.45, 2.75) is 42.5 Å². The molecule has 1 saturated heterocycles. The number of nitrogens with one attached hydrogen (secondary N) is 1. The number of benzene rings is 2. The van der Waals surface area contributed by atoms with Gasteiger partial charge in [0.25, 0.3) is 5.91 Å². The molecule has 182 valence electrons. The Morgan fingerprint density at radius 1 is 1.09 bits per heavy atom. The molecule has 0 atom stereocenters. The average Bonchev–Trinajstić information content (AvgIpc) is 3.27. The van der Waals surface area contributed by atoms with Gasteiger partial charge in [0.15, 0.2) is 5.76 Å². The second kappa shape index (κ2) is 10.7. The molecular weight excluding hydrogens is 462 g/mol. The van der Waals surface area contributed by atoms with Gasteiger partial charge in [-0.2, -0.15) is 0 Å². The van der Waals surface area contributed by atoms with Crippen molar-refractivity contribution in [3.63, 3.8) is 0 Å². The molecule has 0 spiro atoms. The highest BCUT2D eigenvalue weighted by molar-refractivity contribution is 7.91. The Labute approximate surface area is 206 Å². The van der Waals surface area contributed by atoms with Crippen LogP contribution >= 0.6 is 0 Å². The maximum absolute atomic E-state index is 13.2. The summed E-state index contributed by atoms with van der Waals surface area (Å²) in [5, 5.41) is 2.80. The van der Waals surface area contributed by atoms with Gasteiger partial charge in [0.2, 0.25) is 9.84 Å². The zero-order chi connectivity index (χ0) is 24.8. The summed E-state index contributed by atoms with van der Waals surface area (Å²) in [6.45, 7) is 7.29. The van der Waals surface area contributed by atoms with Crippen LogP contribution in [-0.4, -0.2) is 34.1 Å². The summed E-state index contributed by atoms with van der Waals surface area (Å²) in [5.74, 6) is 0.443. The number of sulfone groups is 1. The SMILES string of the molecule is C=N/C=C\c1cc(C(=O)NCc2ccc(S(=O)(=O)c3cccc(N4CCCCC4)c3)cc2)oc1C. The van der Waals surface area contributed by atoms with Crippen LogP contribution in [0.15, 0.2) is 80.0 Å². The second-order valence-corrected chi connectivity index (χ2v) is 10.4. The first-order valence-electron chi connectivity index (χ1n) is 11.6. The Morgan fingerprint density at radius 2 is 1.83 bits per heavy atom. The number of hydrogen-bond donors (Lipinski definition) is 1. The molecule has 0 radical (unpaired) electrons. The Kier molecular flexibility index (Phi) is 7.51. The minimum atomic E-state index is -3.65. The maximum Gasteiger partial charge on any atom is 0.287 e. The standard InChI is InChI=1S/C27H29N3O4S/c1-20-22(13-14-28-2)17-26(34-20)27(31)29-19-21-9-11-24(12-10-21)35(32,33)25-8-6-7-23(18-25)30-15-4-3-5-16-30/h6-14,17-18H,2-5,15-16,19H2,1H3,(H,29,31)/b14-13-. The lowest BCUT2D eigenvalue weighted by Gasteiger charge is -2.29. The lowest BCUT2D eigenvalue weighted by Crippen LogP contribution is -2.29. The first kappa shape index (κ1) is 24.5. The van der Waals surface area contributed by atoms with Gasteiger partial charge in [0, 0.05) is 37.1 Å². The van der Waals surface area contributed by atoms with Crippen molar-refractivity contribution in [2.24, 2.45) is 4.99 Å². The molecule has 7 nitrogen and oxygen atoms in total. The molecule has 1 aliphatic heterocycles. The van der Waals surface area contributed by atoms with E-state index in [-0.39, 0.29) is 28.0 Å². The molecule has 1 aromatic heterocycles. The van der Waals surface area contributed by atoms with Gasteiger partial charge in [-0.25, -0.2) is 8.42 Å². The van der Waals surface area contributed by atoms with E-state index in [0.29, 0.717) is 5.76 Å². The molecule has 0 saturated carbocycles. The number of anilines is 1. The van der Waals surface area contributed by atoms with Crippen molar-refractivity contribution in [3.8, 4) is 0 Å². The smallest absolute Gasteiger partial charge is 0.287 e. The summed E-state index contributed by atoms with van der Waals surface area (Å²) in [4.78, 5) is 18.9. The summed E-state index contributed by atoms with van der Waals surface area (Å²) in [6, 6.07) is 15.4. The van der Waals surface area contributed by atoms with Crippen molar-refractivity contribution in [2.75, 3.05) is 18.0 Å². The van der Waals surface area contributed by atoms with Crippen LogP contribution in [0.2, 0.25) is 0 Å². The van der Waals surface area contributed by atoms with Gasteiger partial charge in [-0.3, -0.25) is 9.79 Å². The molecule has 8 heteroatoms. The minimum absolute atomic E-state index is 0.194. The van der Waals surface area contributed by atoms with E-state index in [9.17, 15) is 13.2 Å². The predicted octanol–water partition coefficient (Wildman–Crippen LogP) is 5.01. The van der Waals surface area contributed by atoms with Gasteiger partial charge in [-0.1, -0.05) is 18.2 Å². The Balaban J connectivity index is 1.42. The molecular formula is C27H29N3O4S. The molecule has 1 aliphatic rings. The highest BCUT2D eigenvalue weighted by Crippen LogP contribution is 2.27. The highest BCUT2D eigenvalue weighted by atomic mass is 32.2. The highest BCUT2D eigenvalue weighted by Gasteiger charge is 2.20. The van der Waals surface area contributed by atoms with Crippen molar-refractivity contribution in [1.29, 1.82) is 0 Å². The molecule has 3 aromatic rings. The van der Waals surface area contributed by atoms with Crippen molar-refractivity contribution >= 4 is 34.2 Å². The monoisotopic (exact) mass is 491 g/mol. The van der Waals surface area contributed by atoms with Crippen LogP contribution in [0.1, 0.15) is 46.7 Å². The van der Waals surface area contributed by atoms with Crippen LogP contribution in [0.4, 0.5) is 5.69 Å². The molecule has 2 aromatic carbocycles. The largest absolute Gasteiger partial charge is 0.456 e. The minimum Gasteiger partial charge on any atom is -0.456 e. The van der Waals surface area contributed by atoms with Crippen LogP contribution in [0, 0.1) is 6.92 Å². The Morgan fingerprint density at radius 3 is 2.54 bits per heavy atom. The van der Waals surface area contributed by atoms with Crippen molar-refractivity contribution in [1.82, 2.24) is 5.32 Å². The third-order valence-electron chi connectivity index (χ3n) is 6.08. The van der Waals surface area contributed by atoms with Gasteiger partial charge >= 0.3 is 0 Å². The number of rotatable bonds is 8. The van der Waals surface area contributed by atoms with E-state index >= 15 is 0 Å². The summed E-state index contributed by atoms with van der Waals surface area (Å²) in [5.41, 5.74) is 2.47. The van der Waals surface area contributed by atoms with Crippen LogP contribution < -0.4 is 10.2 Å². The first-order chi connectivity index (χ1) is 16.9. The molecule has 4 rings (SSSR count). The number of aryl methyl sites for hydroxylation is 1. The van der Waals surface area contributed by atoms with E-state index in [1.165, 1.54) is 12.6 Å². The number of carbonyl (C=O) groups excluding carboxylic acids is 1. The maximum atomic E-state index is 13.2. The molecule has 35 heavy (non-hydrogen) atoms. The third-order valence-corrected chi connectivity index (χ3v) is 7.84. The van der Waals surface area contributed by atoms with Gasteiger partial charge in [0.1, 0.15) is 5.76 Å². The zero-order valence-electron chi connectivity index (χ0n) is 19.7. The molecule has 1 fully saturated rings. The van der Waals surface area contributed by atoms with E-state index in [0.717, 1.165) is 42.7 Å². The van der Waals surface area contributed by atoms with Crippen molar-refractivity contribution < 1.29 is 17.6 Å². The van der Waals surface area contributed by atoms with Crippen LogP contribution in [0.25, 0.3) is 6.08 Å². The Hall–Kier alpha value is -3.65. The summed E-state index contributed by atoms with van der Waals surface area (Å²) in [7, 11) is -3.65. The average molecular weight is 492 g/mol. The van der Waals surface area contributed by atoms with Gasteiger partial charge in [-0.05, 0) is 80.9 Å². The van der Waals surface area contributed by atoms with E-state index < -0.39 is 9.84 Å². The fourth-order valence-corrected chi connectivity index (χ4v) is 5.40. The molecule has 2 heterocycles. The topological polar surface area (TPSA) is 92.0 Å². The summed E-state index contributed by atoms with van der Waals surface area (Å²) < 4.78 is 32.0. The molecule has 0 unspecified atom stereocenters. The van der Waals surface area contributed by atoms with E-state index in [1.807, 2.05) is 6.07 Å². The summed E-state index contributed by atoms with van der Waals surface area (Å²) in [6.07, 6.45) is 6.70. The molecule has 0 bridgehead atoms. The lowest BCUT2D eigenvalue weighted by atomic mass is 10.1. The van der Waals surface area contributed by atoms with E-state index in [4.69, 9.17) is 4.42 Å². The fourth-order valence-electron chi connectivity index (χ4n) is 4.10. The number of hydrogen-bond acceptors (Lipinski definition) is 6. The number of carbonyl (C=O) groups is 1. The molecule has 1 N–H and O–H groups in total. The quantitative estimate of drug-likeness (QED) is 0.447. The lowest BCUT2D eigenvalue weighted by molar-refractivity contribution is 0.0922. The Bertz CT molecular complexity index is 1340. The van der Waals surface area contributed by atoms with Crippen LogP contribution in [0.5, 0.6) is 0 Å². The van der Waals surface area contributed by atoms with Crippen LogP contribution in [0.3, 0.4) is 0 Å². The van der Waals surface area contributed by atoms with Gasteiger partial charge in [0.05, 0.1) is 9.79 Å². The number of furan rings is 1. The van der Waals surface area contributed by atoms with Gasteiger partial charge in [-0.15, -0.1) is 0 Å². The summed E-state index contributed by atoms with van der Waals surface area (Å²) >= 11 is 0. The first-order valence-corrected chi connectivity index (χ1v) is 13.1. The normalized spacial score (nSPS) is 14.3. The van der Waals surface area contributed by atoms with Crippen LogP contribution in [-0.2, 0) is 16.4 Å². The van der Waals surface area contributed by atoms with E-state index in [2.05, 4.69) is 21.9 Å². The fraction of sp³-hybridized carbons (Fsp3) is 0.259. The number of piperidine rings is 1. The number of aliphatic imine (C=N–C) groups is 1. The predicted molar refractivity (Wildman–Crippen MR) is 138 cm³/mol. The van der Waals surface area contributed by atoms with Gasteiger partial charge < -0.3 is 14.6 Å². The number of nitrogens with zero attached hydrogens (tertiary/aromatic N) is 2. The van der Waals surface area contributed by atoms with E-state index in [1.54, 1.807) is 61.5 Å². The number of amides is 1. The molecule has 1 amide bonds. The van der Waals surface area contributed by atoms with Crippen molar-refractivity contribution in [3.05, 3.63) is 83.4 Å². The molecule has 0 aliphatic carbocycles. The zero-order valence-corrected chi connectivity index (χ0v) is 20.6. The third kappa shape index (κ3) is 5.71. The second-order valence-electron chi connectivity index (χ2n) is 8.50.